The van der Waals surface area contributed by atoms with E-state index >= 15 is 0 Å². The van der Waals surface area contributed by atoms with Crippen LogP contribution >= 0.6 is 0 Å². The Morgan fingerprint density at radius 1 is 1.47 bits per heavy atom. The van der Waals surface area contributed by atoms with Crippen LogP contribution in [-0.4, -0.2) is 43.8 Å². The predicted molar refractivity (Wildman–Crippen MR) is 56.8 cm³/mol. The molecule has 0 aliphatic rings. The molecule has 0 saturated carbocycles. The highest BCUT2D eigenvalue weighted by Crippen LogP contribution is 2.02. The summed E-state index contributed by atoms with van der Waals surface area (Å²) in [5, 5.41) is 8.41. The molecule has 0 N–H and O–H groups in total. The Kier molecular flexibility index (Phi) is 5.29. The fourth-order valence-electron chi connectivity index (χ4n) is 1.15. The lowest BCUT2D eigenvalue weighted by molar-refractivity contribution is -0.130. The molecule has 0 aromatic heterocycles. The van der Waals surface area contributed by atoms with E-state index in [0.29, 0.717) is 0 Å². The molecule has 0 rings (SSSR count). The van der Waals surface area contributed by atoms with Crippen LogP contribution in [0.25, 0.3) is 0 Å². The summed E-state index contributed by atoms with van der Waals surface area (Å²) < 4.78 is 21.9. The zero-order valence-corrected chi connectivity index (χ0v) is 10.0. The first kappa shape index (κ1) is 13.9. The van der Waals surface area contributed by atoms with Gasteiger partial charge in [0.05, 0.1) is 12.5 Å². The van der Waals surface area contributed by atoms with Crippen LogP contribution < -0.4 is 0 Å². The molecular weight excluding hydrogens is 216 g/mol. The summed E-state index contributed by atoms with van der Waals surface area (Å²) in [7, 11) is -3.30. The molecule has 0 atom stereocenters. The Hall–Kier alpha value is -1.09. The molecule has 0 aromatic carbocycles. The molecule has 0 spiro atoms. The number of hydrogen-bond donors (Lipinski definition) is 0. The van der Waals surface area contributed by atoms with Crippen molar-refractivity contribution in [3.63, 3.8) is 0 Å². The number of carbonyl (C=O) groups excluding carboxylic acids is 1. The van der Waals surface area contributed by atoms with Gasteiger partial charge in [-0.3, -0.25) is 4.79 Å². The van der Waals surface area contributed by atoms with E-state index in [4.69, 9.17) is 5.26 Å². The highest BCUT2D eigenvalue weighted by Gasteiger charge is 2.20. The lowest BCUT2D eigenvalue weighted by atomic mass is 10.3. The van der Waals surface area contributed by atoms with Crippen LogP contribution in [0.5, 0.6) is 0 Å². The molecule has 0 radical (unpaired) electrons. The molecule has 0 unspecified atom stereocenters. The van der Waals surface area contributed by atoms with Crippen molar-refractivity contribution in [3.05, 3.63) is 0 Å². The second-order valence-electron chi connectivity index (χ2n) is 3.66. The average Bonchev–Trinajstić information content (AvgIpc) is 2.00. The largest absolute Gasteiger partial charge is 0.338 e. The molecule has 6 heteroatoms. The van der Waals surface area contributed by atoms with E-state index in [1.54, 1.807) is 13.8 Å². The minimum Gasteiger partial charge on any atom is -0.338 e. The maximum absolute atomic E-state index is 11.5. The third-order valence-electron chi connectivity index (χ3n) is 1.79. The summed E-state index contributed by atoms with van der Waals surface area (Å²) in [5.41, 5.74) is 0. The quantitative estimate of drug-likeness (QED) is 0.677. The van der Waals surface area contributed by atoms with Gasteiger partial charge in [-0.1, -0.05) is 0 Å². The summed E-state index contributed by atoms with van der Waals surface area (Å²) >= 11 is 0. The smallest absolute Gasteiger partial charge is 0.238 e. The van der Waals surface area contributed by atoms with Crippen LogP contribution in [0.4, 0.5) is 0 Å². The van der Waals surface area contributed by atoms with Gasteiger partial charge in [0.15, 0.2) is 9.84 Å². The van der Waals surface area contributed by atoms with Crippen LogP contribution in [0.3, 0.4) is 0 Å². The van der Waals surface area contributed by atoms with Gasteiger partial charge in [-0.2, -0.15) is 5.26 Å². The van der Waals surface area contributed by atoms with E-state index in [9.17, 15) is 13.2 Å². The molecule has 5 nitrogen and oxygen atoms in total. The first-order valence-corrected chi connectivity index (χ1v) is 6.68. The van der Waals surface area contributed by atoms with E-state index in [-0.39, 0.29) is 19.0 Å². The lowest BCUT2D eigenvalue weighted by Gasteiger charge is -2.25. The van der Waals surface area contributed by atoms with Gasteiger partial charge in [-0.25, -0.2) is 8.42 Å². The van der Waals surface area contributed by atoms with E-state index in [0.717, 1.165) is 6.26 Å². The molecule has 0 heterocycles. The van der Waals surface area contributed by atoms with Crippen LogP contribution in [0.1, 0.15) is 20.3 Å². The van der Waals surface area contributed by atoms with Crippen molar-refractivity contribution in [2.24, 2.45) is 0 Å². The molecule has 0 aromatic rings. The van der Waals surface area contributed by atoms with Crippen molar-refractivity contribution in [1.82, 2.24) is 4.90 Å². The topological polar surface area (TPSA) is 78.2 Å². The number of amides is 1. The number of rotatable bonds is 5. The van der Waals surface area contributed by atoms with Crippen molar-refractivity contribution >= 4 is 15.7 Å². The van der Waals surface area contributed by atoms with Crippen molar-refractivity contribution in [3.8, 4) is 6.07 Å². The fourth-order valence-corrected chi connectivity index (χ4v) is 1.76. The van der Waals surface area contributed by atoms with Crippen molar-refractivity contribution in [2.45, 2.75) is 26.3 Å². The summed E-state index contributed by atoms with van der Waals surface area (Å²) in [4.78, 5) is 13.0. The lowest BCUT2D eigenvalue weighted by Crippen LogP contribution is -2.40. The Morgan fingerprint density at radius 3 is 2.33 bits per heavy atom. The van der Waals surface area contributed by atoms with Crippen molar-refractivity contribution < 1.29 is 13.2 Å². The van der Waals surface area contributed by atoms with Crippen molar-refractivity contribution in [1.29, 1.82) is 5.26 Å². The maximum atomic E-state index is 11.5. The molecule has 15 heavy (non-hydrogen) atoms. The van der Waals surface area contributed by atoms with Crippen LogP contribution in [0, 0.1) is 11.3 Å². The number of carbonyl (C=O) groups is 1. The van der Waals surface area contributed by atoms with E-state index in [1.807, 2.05) is 6.07 Å². The number of hydrogen-bond acceptors (Lipinski definition) is 4. The van der Waals surface area contributed by atoms with Gasteiger partial charge in [0, 0.05) is 18.8 Å². The predicted octanol–water partition coefficient (Wildman–Crippen LogP) is 0.182. The second-order valence-corrected chi connectivity index (χ2v) is 5.80. The van der Waals surface area contributed by atoms with Gasteiger partial charge >= 0.3 is 0 Å². The molecule has 1 amide bonds. The van der Waals surface area contributed by atoms with Crippen LogP contribution in [-0.2, 0) is 14.6 Å². The maximum Gasteiger partial charge on any atom is 0.238 e. The third-order valence-corrected chi connectivity index (χ3v) is 2.57. The second kappa shape index (κ2) is 5.71. The standard InChI is InChI=1S/C9H16N2O3S/c1-8(2)11(6-4-5-10)9(12)7-15(3,13)14/h8H,4,6-7H2,1-3H3. The minimum atomic E-state index is -3.30. The molecule has 0 aliphatic carbocycles. The van der Waals surface area contributed by atoms with E-state index < -0.39 is 21.5 Å². The Morgan fingerprint density at radius 2 is 2.00 bits per heavy atom. The number of sulfone groups is 1. The minimum absolute atomic E-state index is 0.0902. The van der Waals surface area contributed by atoms with Gasteiger partial charge < -0.3 is 4.90 Å². The first-order valence-electron chi connectivity index (χ1n) is 4.62. The summed E-state index contributed by atoms with van der Waals surface area (Å²) in [5.74, 6) is -0.931. The molecular formula is C9H16N2O3S. The molecule has 0 fully saturated rings. The first-order chi connectivity index (χ1) is 6.78. The van der Waals surface area contributed by atoms with Gasteiger partial charge in [0.1, 0.15) is 5.75 Å². The fraction of sp³-hybridized carbons (Fsp3) is 0.778. The molecule has 86 valence electrons. The van der Waals surface area contributed by atoms with Crippen molar-refractivity contribution in [2.75, 3.05) is 18.6 Å². The zero-order valence-electron chi connectivity index (χ0n) is 9.23. The Labute approximate surface area is 90.6 Å². The van der Waals surface area contributed by atoms with E-state index in [2.05, 4.69) is 0 Å². The summed E-state index contributed by atoms with van der Waals surface area (Å²) in [6.07, 6.45) is 1.24. The highest BCUT2D eigenvalue weighted by atomic mass is 32.2. The van der Waals surface area contributed by atoms with Gasteiger partial charge in [0.25, 0.3) is 0 Å². The molecule has 0 saturated heterocycles. The van der Waals surface area contributed by atoms with Gasteiger partial charge in [-0.05, 0) is 13.8 Å². The van der Waals surface area contributed by atoms with Crippen LogP contribution in [0.2, 0.25) is 0 Å². The van der Waals surface area contributed by atoms with Gasteiger partial charge in [-0.15, -0.1) is 0 Å². The third kappa shape index (κ3) is 6.07. The van der Waals surface area contributed by atoms with E-state index in [1.165, 1.54) is 4.90 Å². The SMILES string of the molecule is CC(C)N(CCC#N)C(=O)CS(C)(=O)=O. The number of nitrogens with zero attached hydrogens (tertiary/aromatic N) is 2. The zero-order chi connectivity index (χ0) is 12.1. The average molecular weight is 232 g/mol. The number of nitriles is 1. The van der Waals surface area contributed by atoms with Gasteiger partial charge in [0.2, 0.25) is 5.91 Å². The summed E-state index contributed by atoms with van der Waals surface area (Å²) in [6, 6.07) is 1.84. The highest BCUT2D eigenvalue weighted by molar-refractivity contribution is 7.91. The molecule has 0 bridgehead atoms. The van der Waals surface area contributed by atoms with Crippen LogP contribution in [0.15, 0.2) is 0 Å². The monoisotopic (exact) mass is 232 g/mol. The normalized spacial score (nSPS) is 11.1. The Bertz CT molecular complexity index is 354. The Balaban J connectivity index is 4.51. The summed E-state index contributed by atoms with van der Waals surface area (Å²) in [6.45, 7) is 3.86. The molecule has 0 aliphatic heterocycles.